The molecule has 1 aliphatic rings. The Balaban J connectivity index is 2.16. The summed E-state index contributed by atoms with van der Waals surface area (Å²) in [5.41, 5.74) is 1.67. The Kier molecular flexibility index (Phi) is 2.62. The molecular weight excluding hydrogens is 236 g/mol. The Morgan fingerprint density at radius 2 is 2.39 bits per heavy atom. The number of imidazole rings is 1. The van der Waals surface area contributed by atoms with Gasteiger partial charge in [-0.1, -0.05) is 0 Å². The molecule has 8 nitrogen and oxygen atoms in total. The van der Waals surface area contributed by atoms with Crippen LogP contribution in [0.25, 0.3) is 11.2 Å². The van der Waals surface area contributed by atoms with Crippen LogP contribution in [-0.4, -0.2) is 44.3 Å². The molecule has 8 heteroatoms. The number of aromatic nitrogens is 4. The third-order valence-corrected chi connectivity index (χ3v) is 3.20. The van der Waals surface area contributed by atoms with Gasteiger partial charge in [-0.25, -0.2) is 19.8 Å². The van der Waals surface area contributed by atoms with Crippen molar-refractivity contribution in [2.45, 2.75) is 6.04 Å². The van der Waals surface area contributed by atoms with Crippen LogP contribution in [-0.2, 0) is 11.8 Å². The molecule has 0 bridgehead atoms. The van der Waals surface area contributed by atoms with E-state index >= 15 is 0 Å². The minimum Gasteiger partial charge on any atom is -0.378 e. The first kappa shape index (κ1) is 11.3. The Labute approximate surface area is 102 Å². The van der Waals surface area contributed by atoms with Crippen LogP contribution in [0.1, 0.15) is 11.7 Å². The third-order valence-electron chi connectivity index (χ3n) is 3.20. The molecule has 18 heavy (non-hydrogen) atoms. The molecule has 0 aliphatic carbocycles. The summed E-state index contributed by atoms with van der Waals surface area (Å²) in [6.07, 6.45) is 1.44. The van der Waals surface area contributed by atoms with E-state index < -0.39 is 0 Å². The number of hydrogen-bond acceptors (Lipinski definition) is 6. The third kappa shape index (κ3) is 1.62. The first-order chi connectivity index (χ1) is 8.68. The van der Waals surface area contributed by atoms with Crippen molar-refractivity contribution in [3.05, 3.63) is 22.5 Å². The van der Waals surface area contributed by atoms with E-state index in [9.17, 15) is 4.79 Å². The lowest BCUT2D eigenvalue weighted by molar-refractivity contribution is -0.0100. The standard InChI is InChI=1S/C10H14N6O2/c1-15-9-8(14-10(15)17)7(12-5-13-9)6-4-18-3-2-16(6)11/h5-6H,2-4,11H2,1H3,(H,14,17). The van der Waals surface area contributed by atoms with E-state index in [1.807, 2.05) is 0 Å². The van der Waals surface area contributed by atoms with Gasteiger partial charge in [0.25, 0.3) is 0 Å². The topological polar surface area (TPSA) is 102 Å². The summed E-state index contributed by atoms with van der Waals surface area (Å²) >= 11 is 0. The molecule has 1 atom stereocenters. The first-order valence-electron chi connectivity index (χ1n) is 5.67. The summed E-state index contributed by atoms with van der Waals surface area (Å²) < 4.78 is 6.86. The molecule has 0 amide bonds. The van der Waals surface area contributed by atoms with Crippen LogP contribution < -0.4 is 11.5 Å². The molecule has 0 radical (unpaired) electrons. The van der Waals surface area contributed by atoms with Crippen LogP contribution in [0, 0.1) is 0 Å². The molecule has 3 rings (SSSR count). The Morgan fingerprint density at radius 3 is 3.17 bits per heavy atom. The number of nitrogens with one attached hydrogen (secondary N) is 1. The van der Waals surface area contributed by atoms with Crippen molar-refractivity contribution in [1.82, 2.24) is 24.5 Å². The van der Waals surface area contributed by atoms with Crippen molar-refractivity contribution in [2.24, 2.45) is 12.9 Å². The zero-order chi connectivity index (χ0) is 12.7. The van der Waals surface area contributed by atoms with Crippen molar-refractivity contribution in [1.29, 1.82) is 0 Å². The fourth-order valence-corrected chi connectivity index (χ4v) is 2.16. The fraction of sp³-hybridized carbons (Fsp3) is 0.500. The number of rotatable bonds is 1. The van der Waals surface area contributed by atoms with E-state index in [1.165, 1.54) is 10.9 Å². The second-order valence-corrected chi connectivity index (χ2v) is 4.28. The van der Waals surface area contributed by atoms with E-state index in [1.54, 1.807) is 12.1 Å². The predicted octanol–water partition coefficient (Wildman–Crippen LogP) is -1.10. The molecule has 3 N–H and O–H groups in total. The van der Waals surface area contributed by atoms with Crippen LogP contribution in [0.3, 0.4) is 0 Å². The number of fused-ring (bicyclic) bond motifs is 1. The Morgan fingerprint density at radius 1 is 1.56 bits per heavy atom. The predicted molar refractivity (Wildman–Crippen MR) is 63.6 cm³/mol. The number of aryl methyl sites for hydroxylation is 1. The van der Waals surface area contributed by atoms with Crippen LogP contribution >= 0.6 is 0 Å². The average molecular weight is 250 g/mol. The number of morpholine rings is 1. The smallest absolute Gasteiger partial charge is 0.327 e. The Hall–Kier alpha value is -1.77. The summed E-state index contributed by atoms with van der Waals surface area (Å²) in [7, 11) is 1.66. The van der Waals surface area contributed by atoms with Crippen molar-refractivity contribution >= 4 is 11.2 Å². The van der Waals surface area contributed by atoms with E-state index in [0.29, 0.717) is 36.6 Å². The zero-order valence-electron chi connectivity index (χ0n) is 9.96. The number of nitrogens with zero attached hydrogens (tertiary/aromatic N) is 4. The molecule has 1 saturated heterocycles. The van der Waals surface area contributed by atoms with Crippen molar-refractivity contribution in [2.75, 3.05) is 19.8 Å². The number of hydrazine groups is 1. The number of nitrogens with two attached hydrogens (primary N) is 1. The SMILES string of the molecule is Cn1c(=O)[nH]c2c(C3COCCN3N)ncnc21. The molecule has 2 aromatic rings. The Bertz CT molecular complexity index is 633. The fourth-order valence-electron chi connectivity index (χ4n) is 2.16. The number of hydrogen-bond donors (Lipinski definition) is 2. The van der Waals surface area contributed by atoms with Crippen LogP contribution in [0.4, 0.5) is 0 Å². The van der Waals surface area contributed by atoms with Gasteiger partial charge in [0.2, 0.25) is 0 Å². The van der Waals surface area contributed by atoms with Gasteiger partial charge in [0.15, 0.2) is 5.65 Å². The molecule has 3 heterocycles. The molecule has 0 aromatic carbocycles. The van der Waals surface area contributed by atoms with Gasteiger partial charge in [-0.2, -0.15) is 0 Å². The van der Waals surface area contributed by atoms with Crippen molar-refractivity contribution in [3.63, 3.8) is 0 Å². The van der Waals surface area contributed by atoms with Crippen LogP contribution in [0.5, 0.6) is 0 Å². The highest BCUT2D eigenvalue weighted by atomic mass is 16.5. The summed E-state index contributed by atoms with van der Waals surface area (Å²) in [6.45, 7) is 1.69. The zero-order valence-corrected chi connectivity index (χ0v) is 9.96. The second-order valence-electron chi connectivity index (χ2n) is 4.28. The van der Waals surface area contributed by atoms with E-state index in [2.05, 4.69) is 15.0 Å². The van der Waals surface area contributed by atoms with E-state index in [-0.39, 0.29) is 11.7 Å². The van der Waals surface area contributed by atoms with E-state index in [0.717, 1.165) is 0 Å². The second kappa shape index (κ2) is 4.16. The highest BCUT2D eigenvalue weighted by Crippen LogP contribution is 2.23. The van der Waals surface area contributed by atoms with Crippen LogP contribution in [0.2, 0.25) is 0 Å². The van der Waals surface area contributed by atoms with Gasteiger partial charge < -0.3 is 9.72 Å². The van der Waals surface area contributed by atoms with Gasteiger partial charge in [-0.3, -0.25) is 10.4 Å². The summed E-state index contributed by atoms with van der Waals surface area (Å²) in [6, 6.07) is -0.165. The lowest BCUT2D eigenvalue weighted by Crippen LogP contribution is -2.44. The highest BCUT2D eigenvalue weighted by molar-refractivity contribution is 5.73. The number of ether oxygens (including phenoxy) is 1. The van der Waals surface area contributed by atoms with Gasteiger partial charge in [-0.05, 0) is 0 Å². The lowest BCUT2D eigenvalue weighted by atomic mass is 10.1. The molecule has 96 valence electrons. The minimum atomic E-state index is -0.216. The molecular formula is C10H14N6O2. The average Bonchev–Trinajstić information content (AvgIpc) is 2.67. The molecule has 1 unspecified atom stereocenters. The summed E-state index contributed by atoms with van der Waals surface area (Å²) in [5.74, 6) is 5.94. The lowest BCUT2D eigenvalue weighted by Gasteiger charge is -2.31. The number of aromatic amines is 1. The maximum atomic E-state index is 11.6. The van der Waals surface area contributed by atoms with Gasteiger partial charge in [-0.15, -0.1) is 0 Å². The van der Waals surface area contributed by atoms with Gasteiger partial charge in [0, 0.05) is 13.6 Å². The molecule has 2 aromatic heterocycles. The first-order valence-corrected chi connectivity index (χ1v) is 5.67. The maximum Gasteiger partial charge on any atom is 0.327 e. The minimum absolute atomic E-state index is 0.165. The summed E-state index contributed by atoms with van der Waals surface area (Å²) in [4.78, 5) is 22.7. The molecule has 0 spiro atoms. The quantitative estimate of drug-likeness (QED) is 0.623. The monoisotopic (exact) mass is 250 g/mol. The van der Waals surface area contributed by atoms with Crippen molar-refractivity contribution < 1.29 is 4.74 Å². The summed E-state index contributed by atoms with van der Waals surface area (Å²) in [5, 5.41) is 1.68. The van der Waals surface area contributed by atoms with Gasteiger partial charge in [0.05, 0.1) is 24.9 Å². The molecule has 1 fully saturated rings. The normalized spacial score (nSPS) is 21.6. The van der Waals surface area contributed by atoms with Crippen molar-refractivity contribution in [3.8, 4) is 0 Å². The van der Waals surface area contributed by atoms with E-state index in [4.69, 9.17) is 10.6 Å². The largest absolute Gasteiger partial charge is 0.378 e. The van der Waals surface area contributed by atoms with Gasteiger partial charge in [0.1, 0.15) is 11.8 Å². The molecule has 0 saturated carbocycles. The number of H-pyrrole nitrogens is 1. The van der Waals surface area contributed by atoms with Gasteiger partial charge >= 0.3 is 5.69 Å². The maximum absolute atomic E-state index is 11.6. The highest BCUT2D eigenvalue weighted by Gasteiger charge is 2.26. The molecule has 1 aliphatic heterocycles. The van der Waals surface area contributed by atoms with Crippen LogP contribution in [0.15, 0.2) is 11.1 Å².